The Morgan fingerprint density at radius 1 is 1.25 bits per heavy atom. The molecular formula is C13H21NO2. The van der Waals surface area contributed by atoms with Crippen molar-refractivity contribution in [1.82, 2.24) is 0 Å². The zero-order valence-corrected chi connectivity index (χ0v) is 10.0. The quantitative estimate of drug-likeness (QED) is 0.777. The van der Waals surface area contributed by atoms with E-state index in [-0.39, 0.29) is 18.8 Å². The molecule has 0 amide bonds. The Morgan fingerprint density at radius 3 is 2.31 bits per heavy atom. The molecule has 0 saturated heterocycles. The Kier molecular flexibility index (Phi) is 5.46. The highest BCUT2D eigenvalue weighted by Crippen LogP contribution is 2.19. The van der Waals surface area contributed by atoms with Crippen molar-refractivity contribution in [2.75, 3.05) is 13.2 Å². The van der Waals surface area contributed by atoms with E-state index < -0.39 is 0 Å². The number of nitrogens with two attached hydrogens (primary N) is 1. The monoisotopic (exact) mass is 223 g/mol. The molecule has 3 nitrogen and oxygen atoms in total. The lowest BCUT2D eigenvalue weighted by Gasteiger charge is -2.14. The van der Waals surface area contributed by atoms with Gasteiger partial charge in [0, 0.05) is 6.61 Å². The van der Waals surface area contributed by atoms with Gasteiger partial charge in [-0.2, -0.15) is 0 Å². The largest absolute Gasteiger partial charge is 0.394 e. The molecule has 0 radical (unpaired) electrons. The molecular weight excluding hydrogens is 202 g/mol. The van der Waals surface area contributed by atoms with Gasteiger partial charge in [0.05, 0.1) is 18.8 Å². The molecule has 0 heterocycles. The summed E-state index contributed by atoms with van der Waals surface area (Å²) in [5.41, 5.74) is 7.81. The van der Waals surface area contributed by atoms with Crippen LogP contribution < -0.4 is 5.73 Å². The number of aliphatic hydroxyl groups is 1. The molecule has 0 aromatic heterocycles. The summed E-state index contributed by atoms with van der Waals surface area (Å²) in [4.78, 5) is 0. The van der Waals surface area contributed by atoms with Crippen LogP contribution in [0.25, 0.3) is 0 Å². The summed E-state index contributed by atoms with van der Waals surface area (Å²) in [5, 5.41) is 8.93. The van der Waals surface area contributed by atoms with Gasteiger partial charge in [-0.05, 0) is 24.5 Å². The SMILES string of the molecule is CCCO[C@H](C)c1ccc([C@@H](N)CO)cc1. The second kappa shape index (κ2) is 6.63. The first-order chi connectivity index (χ1) is 7.69. The van der Waals surface area contributed by atoms with Gasteiger partial charge in [0.25, 0.3) is 0 Å². The highest BCUT2D eigenvalue weighted by Gasteiger charge is 2.07. The standard InChI is InChI=1S/C13H21NO2/c1-3-8-16-10(2)11-4-6-12(7-5-11)13(14)9-15/h4-7,10,13,15H,3,8-9,14H2,1-2H3/t10-,13+/m1/s1. The zero-order valence-electron chi connectivity index (χ0n) is 10.0. The molecule has 0 spiro atoms. The van der Waals surface area contributed by atoms with Crippen molar-refractivity contribution in [3.63, 3.8) is 0 Å². The Morgan fingerprint density at radius 2 is 1.81 bits per heavy atom. The van der Waals surface area contributed by atoms with Crippen LogP contribution in [0.4, 0.5) is 0 Å². The fraction of sp³-hybridized carbons (Fsp3) is 0.538. The highest BCUT2D eigenvalue weighted by atomic mass is 16.5. The molecule has 2 atom stereocenters. The van der Waals surface area contributed by atoms with Crippen LogP contribution in [-0.4, -0.2) is 18.3 Å². The lowest BCUT2D eigenvalue weighted by molar-refractivity contribution is 0.0662. The smallest absolute Gasteiger partial charge is 0.0796 e. The molecule has 1 aromatic rings. The molecule has 0 unspecified atom stereocenters. The van der Waals surface area contributed by atoms with Crippen LogP contribution in [0.3, 0.4) is 0 Å². The molecule has 1 rings (SSSR count). The molecule has 3 N–H and O–H groups in total. The minimum atomic E-state index is -0.291. The molecule has 0 aliphatic carbocycles. The van der Waals surface area contributed by atoms with E-state index in [1.54, 1.807) is 0 Å². The van der Waals surface area contributed by atoms with Gasteiger partial charge in [-0.25, -0.2) is 0 Å². The van der Waals surface area contributed by atoms with Gasteiger partial charge in [-0.1, -0.05) is 31.2 Å². The van der Waals surface area contributed by atoms with Crippen LogP contribution in [0.15, 0.2) is 24.3 Å². The van der Waals surface area contributed by atoms with Crippen LogP contribution in [0.5, 0.6) is 0 Å². The molecule has 0 saturated carbocycles. The minimum absolute atomic E-state index is 0.0266. The van der Waals surface area contributed by atoms with Crippen molar-refractivity contribution in [2.45, 2.75) is 32.4 Å². The summed E-state index contributed by atoms with van der Waals surface area (Å²) in [6.45, 7) is 4.88. The number of ether oxygens (including phenoxy) is 1. The van der Waals surface area contributed by atoms with Gasteiger partial charge >= 0.3 is 0 Å². The predicted octanol–water partition coefficient (Wildman–Crippen LogP) is 2.17. The van der Waals surface area contributed by atoms with Crippen molar-refractivity contribution in [3.05, 3.63) is 35.4 Å². The first-order valence-electron chi connectivity index (χ1n) is 5.77. The summed E-state index contributed by atoms with van der Waals surface area (Å²) < 4.78 is 5.62. The van der Waals surface area contributed by atoms with Crippen LogP contribution in [0.1, 0.15) is 43.5 Å². The van der Waals surface area contributed by atoms with E-state index in [9.17, 15) is 0 Å². The third-order valence-electron chi connectivity index (χ3n) is 2.60. The summed E-state index contributed by atoms with van der Waals surface area (Å²) in [5.74, 6) is 0. The van der Waals surface area contributed by atoms with Crippen molar-refractivity contribution in [2.24, 2.45) is 5.73 Å². The molecule has 0 aliphatic rings. The second-order valence-corrected chi connectivity index (χ2v) is 3.97. The molecule has 3 heteroatoms. The van der Waals surface area contributed by atoms with Gasteiger partial charge in [-0.3, -0.25) is 0 Å². The Labute approximate surface area is 97.2 Å². The molecule has 0 bridgehead atoms. The topological polar surface area (TPSA) is 55.5 Å². The summed E-state index contributed by atoms with van der Waals surface area (Å²) in [6.07, 6.45) is 1.14. The van der Waals surface area contributed by atoms with Crippen molar-refractivity contribution >= 4 is 0 Å². The normalized spacial score (nSPS) is 14.8. The molecule has 90 valence electrons. The highest BCUT2D eigenvalue weighted by molar-refractivity contribution is 5.26. The minimum Gasteiger partial charge on any atom is -0.394 e. The first-order valence-corrected chi connectivity index (χ1v) is 5.77. The van der Waals surface area contributed by atoms with E-state index in [1.165, 1.54) is 0 Å². The maximum atomic E-state index is 8.93. The predicted molar refractivity (Wildman–Crippen MR) is 65.1 cm³/mol. The van der Waals surface area contributed by atoms with Gasteiger partial charge < -0.3 is 15.6 Å². The van der Waals surface area contributed by atoms with Gasteiger partial charge in [0.15, 0.2) is 0 Å². The number of hydrogen-bond donors (Lipinski definition) is 2. The van der Waals surface area contributed by atoms with E-state index in [1.807, 2.05) is 31.2 Å². The summed E-state index contributed by atoms with van der Waals surface area (Å²) >= 11 is 0. The van der Waals surface area contributed by atoms with E-state index in [4.69, 9.17) is 15.6 Å². The number of benzene rings is 1. The average molecular weight is 223 g/mol. The number of rotatable bonds is 6. The zero-order chi connectivity index (χ0) is 12.0. The molecule has 0 aliphatic heterocycles. The number of aliphatic hydroxyl groups excluding tert-OH is 1. The first kappa shape index (κ1) is 13.2. The third kappa shape index (κ3) is 3.59. The fourth-order valence-electron chi connectivity index (χ4n) is 1.51. The van der Waals surface area contributed by atoms with Gasteiger partial charge in [-0.15, -0.1) is 0 Å². The Balaban J connectivity index is 2.63. The summed E-state index contributed by atoms with van der Waals surface area (Å²) in [6, 6.07) is 7.61. The van der Waals surface area contributed by atoms with E-state index in [0.29, 0.717) is 0 Å². The average Bonchev–Trinajstić information content (AvgIpc) is 2.35. The molecule has 16 heavy (non-hydrogen) atoms. The lowest BCUT2D eigenvalue weighted by Crippen LogP contribution is -2.14. The van der Waals surface area contributed by atoms with Gasteiger partial charge in [0.2, 0.25) is 0 Å². The fourth-order valence-corrected chi connectivity index (χ4v) is 1.51. The molecule has 0 fully saturated rings. The van der Waals surface area contributed by atoms with Gasteiger partial charge in [0.1, 0.15) is 0 Å². The third-order valence-corrected chi connectivity index (χ3v) is 2.60. The summed E-state index contributed by atoms with van der Waals surface area (Å²) in [7, 11) is 0. The Hall–Kier alpha value is -0.900. The second-order valence-electron chi connectivity index (χ2n) is 3.97. The Bertz CT molecular complexity index is 297. The van der Waals surface area contributed by atoms with Crippen LogP contribution >= 0.6 is 0 Å². The van der Waals surface area contributed by atoms with Crippen LogP contribution in [0, 0.1) is 0 Å². The maximum Gasteiger partial charge on any atom is 0.0796 e. The van der Waals surface area contributed by atoms with Crippen molar-refractivity contribution < 1.29 is 9.84 Å². The van der Waals surface area contributed by atoms with E-state index in [0.717, 1.165) is 24.2 Å². The van der Waals surface area contributed by atoms with Crippen LogP contribution in [0.2, 0.25) is 0 Å². The maximum absolute atomic E-state index is 8.93. The van der Waals surface area contributed by atoms with Crippen molar-refractivity contribution in [1.29, 1.82) is 0 Å². The van der Waals surface area contributed by atoms with E-state index >= 15 is 0 Å². The van der Waals surface area contributed by atoms with Crippen molar-refractivity contribution in [3.8, 4) is 0 Å². The lowest BCUT2D eigenvalue weighted by atomic mass is 10.0. The van der Waals surface area contributed by atoms with E-state index in [2.05, 4.69) is 6.92 Å². The molecule has 1 aromatic carbocycles. The van der Waals surface area contributed by atoms with Crippen LogP contribution in [-0.2, 0) is 4.74 Å². The number of hydrogen-bond acceptors (Lipinski definition) is 3.